The van der Waals surface area contributed by atoms with Crippen LogP contribution in [-0.4, -0.2) is 46.8 Å². The standard InChI is InChI=1S/C5H9NO2.Na.H/c1-2-4(3-6)5(7)8;;/h3-4,6H,2H2,1H3,(H,7,8);;. The Hall–Kier alpha value is 0.140. The van der Waals surface area contributed by atoms with Crippen LogP contribution >= 0.6 is 0 Å². The number of nitrogens with one attached hydrogen (secondary N) is 1. The van der Waals surface area contributed by atoms with Gasteiger partial charge in [0.15, 0.2) is 0 Å². The van der Waals surface area contributed by atoms with Crippen LogP contribution in [-0.2, 0) is 4.79 Å². The minimum absolute atomic E-state index is 0. The molecule has 0 aliphatic heterocycles. The van der Waals surface area contributed by atoms with Gasteiger partial charge in [0.05, 0.1) is 5.92 Å². The van der Waals surface area contributed by atoms with E-state index in [0.29, 0.717) is 6.42 Å². The second kappa shape index (κ2) is 6.26. The molecule has 0 aromatic heterocycles. The molecule has 9 heavy (non-hydrogen) atoms. The van der Waals surface area contributed by atoms with Crippen molar-refractivity contribution >= 4 is 41.7 Å². The van der Waals surface area contributed by atoms with E-state index in [9.17, 15) is 4.79 Å². The van der Waals surface area contributed by atoms with Crippen LogP contribution in [0.3, 0.4) is 0 Å². The summed E-state index contributed by atoms with van der Waals surface area (Å²) in [7, 11) is 0. The predicted molar refractivity (Wildman–Crippen MR) is 37.3 cm³/mol. The van der Waals surface area contributed by atoms with E-state index >= 15 is 0 Å². The van der Waals surface area contributed by atoms with Crippen molar-refractivity contribution in [2.75, 3.05) is 0 Å². The van der Waals surface area contributed by atoms with Crippen LogP contribution in [0.15, 0.2) is 0 Å². The van der Waals surface area contributed by atoms with E-state index in [4.69, 9.17) is 10.5 Å². The summed E-state index contributed by atoms with van der Waals surface area (Å²) in [6.45, 7) is 1.74. The van der Waals surface area contributed by atoms with Crippen molar-refractivity contribution < 1.29 is 9.90 Å². The number of carboxylic acid groups (broad SMARTS) is 1. The summed E-state index contributed by atoms with van der Waals surface area (Å²) in [6.07, 6.45) is 1.45. The van der Waals surface area contributed by atoms with Gasteiger partial charge in [0, 0.05) is 6.21 Å². The van der Waals surface area contributed by atoms with E-state index in [1.165, 1.54) is 0 Å². The fourth-order valence-corrected chi connectivity index (χ4v) is 0.364. The van der Waals surface area contributed by atoms with Gasteiger partial charge in [-0.05, 0) is 6.42 Å². The Morgan fingerprint density at radius 3 is 2.33 bits per heavy atom. The van der Waals surface area contributed by atoms with Crippen molar-refractivity contribution in [1.82, 2.24) is 0 Å². The zero-order chi connectivity index (χ0) is 6.57. The number of hydrogen-bond acceptors (Lipinski definition) is 2. The Kier molecular flexibility index (Phi) is 8.27. The molecule has 0 bridgehead atoms. The van der Waals surface area contributed by atoms with Gasteiger partial charge in [-0.15, -0.1) is 0 Å². The number of rotatable bonds is 3. The molecule has 0 fully saturated rings. The second-order valence-electron chi connectivity index (χ2n) is 1.52. The van der Waals surface area contributed by atoms with Crippen LogP contribution in [0.25, 0.3) is 0 Å². The van der Waals surface area contributed by atoms with Gasteiger partial charge in [0.25, 0.3) is 0 Å². The Labute approximate surface area is 76.3 Å². The first kappa shape index (κ1) is 11.9. The molecule has 1 unspecified atom stereocenters. The number of hydrogen-bond donors (Lipinski definition) is 2. The summed E-state index contributed by atoms with van der Waals surface area (Å²) in [5, 5.41) is 14.8. The normalized spacial score (nSPS) is 11.2. The average molecular weight is 139 g/mol. The third-order valence-corrected chi connectivity index (χ3v) is 0.958. The van der Waals surface area contributed by atoms with Gasteiger partial charge in [-0.1, -0.05) is 6.92 Å². The molecule has 0 spiro atoms. The topological polar surface area (TPSA) is 61.2 Å². The summed E-state index contributed by atoms with van der Waals surface area (Å²) >= 11 is 0. The monoisotopic (exact) mass is 139 g/mol. The molecule has 0 saturated heterocycles. The van der Waals surface area contributed by atoms with Gasteiger partial charge in [-0.25, -0.2) is 0 Å². The molecule has 0 rings (SSSR count). The molecule has 0 radical (unpaired) electrons. The average Bonchev–Trinajstić information content (AvgIpc) is 1.69. The molecule has 0 aliphatic rings. The van der Waals surface area contributed by atoms with E-state index in [-0.39, 0.29) is 29.6 Å². The fourth-order valence-electron chi connectivity index (χ4n) is 0.364. The zero-order valence-electron chi connectivity index (χ0n) is 4.72. The SMILES string of the molecule is CCC(C=N)C(=O)O.[NaH]. The second-order valence-corrected chi connectivity index (χ2v) is 1.52. The van der Waals surface area contributed by atoms with Crippen molar-refractivity contribution in [2.45, 2.75) is 13.3 Å². The first-order valence-corrected chi connectivity index (χ1v) is 2.45. The Bertz CT molecular complexity index is 105. The minimum atomic E-state index is -0.914. The van der Waals surface area contributed by atoms with E-state index in [0.717, 1.165) is 6.21 Å². The molecule has 0 aromatic carbocycles. The predicted octanol–water partition coefficient (Wildman–Crippen LogP) is 0.0983. The summed E-state index contributed by atoms with van der Waals surface area (Å²) in [6, 6.07) is 0. The van der Waals surface area contributed by atoms with Crippen molar-refractivity contribution in [1.29, 1.82) is 5.41 Å². The molecule has 0 amide bonds. The van der Waals surface area contributed by atoms with Crippen molar-refractivity contribution in [3.63, 3.8) is 0 Å². The molecule has 0 saturated carbocycles. The van der Waals surface area contributed by atoms with E-state index in [1.54, 1.807) is 6.92 Å². The summed E-state index contributed by atoms with van der Waals surface area (Å²) in [5.41, 5.74) is 0. The quantitative estimate of drug-likeness (QED) is 0.430. The fraction of sp³-hybridized carbons (Fsp3) is 0.600. The van der Waals surface area contributed by atoms with Gasteiger partial charge < -0.3 is 10.5 Å². The van der Waals surface area contributed by atoms with Gasteiger partial charge >= 0.3 is 35.5 Å². The molecule has 0 aromatic rings. The van der Waals surface area contributed by atoms with E-state index in [1.807, 2.05) is 0 Å². The maximum atomic E-state index is 10.0. The van der Waals surface area contributed by atoms with Crippen molar-refractivity contribution in [3.8, 4) is 0 Å². The molecule has 1 atom stereocenters. The van der Waals surface area contributed by atoms with Crippen LogP contribution in [0.1, 0.15) is 13.3 Å². The number of aliphatic carboxylic acids is 1. The van der Waals surface area contributed by atoms with Gasteiger partial charge in [0.1, 0.15) is 0 Å². The molecule has 3 nitrogen and oxygen atoms in total. The van der Waals surface area contributed by atoms with E-state index in [2.05, 4.69) is 0 Å². The first-order chi connectivity index (χ1) is 3.72. The Balaban J connectivity index is 0. The molecule has 2 N–H and O–H groups in total. The number of carbonyl (C=O) groups is 1. The van der Waals surface area contributed by atoms with E-state index < -0.39 is 11.9 Å². The van der Waals surface area contributed by atoms with Crippen LogP contribution in [0, 0.1) is 11.3 Å². The first-order valence-electron chi connectivity index (χ1n) is 2.45. The summed E-state index contributed by atoms with van der Waals surface area (Å²) < 4.78 is 0. The van der Waals surface area contributed by atoms with Gasteiger partial charge in [-0.3, -0.25) is 4.79 Å². The maximum absolute atomic E-state index is 10.0. The molecular formula is C5H10NNaO2. The third-order valence-electron chi connectivity index (χ3n) is 0.958. The molecule has 4 heteroatoms. The van der Waals surface area contributed by atoms with Crippen LogP contribution in [0.5, 0.6) is 0 Å². The Morgan fingerprint density at radius 1 is 1.89 bits per heavy atom. The Morgan fingerprint density at radius 2 is 2.33 bits per heavy atom. The molecule has 0 aliphatic carbocycles. The summed E-state index contributed by atoms with van der Waals surface area (Å²) in [4.78, 5) is 10.0. The molecule has 0 heterocycles. The van der Waals surface area contributed by atoms with Crippen LogP contribution in [0.2, 0.25) is 0 Å². The van der Waals surface area contributed by atoms with Crippen molar-refractivity contribution in [3.05, 3.63) is 0 Å². The molecule has 48 valence electrons. The van der Waals surface area contributed by atoms with Gasteiger partial charge in [-0.2, -0.15) is 0 Å². The third kappa shape index (κ3) is 4.63. The number of carboxylic acids is 1. The van der Waals surface area contributed by atoms with Crippen LogP contribution < -0.4 is 0 Å². The van der Waals surface area contributed by atoms with Crippen molar-refractivity contribution in [2.24, 2.45) is 5.92 Å². The van der Waals surface area contributed by atoms with Crippen LogP contribution in [0.4, 0.5) is 0 Å². The zero-order valence-corrected chi connectivity index (χ0v) is 4.72. The van der Waals surface area contributed by atoms with Gasteiger partial charge in [0.2, 0.25) is 0 Å². The molecular weight excluding hydrogens is 129 g/mol. The summed E-state index contributed by atoms with van der Waals surface area (Å²) in [5.74, 6) is -1.50.